The van der Waals surface area contributed by atoms with E-state index in [1.165, 1.54) is 6.42 Å². The van der Waals surface area contributed by atoms with E-state index in [-0.39, 0.29) is 6.54 Å². The van der Waals surface area contributed by atoms with Crippen molar-refractivity contribution in [2.75, 3.05) is 0 Å². The van der Waals surface area contributed by atoms with Crippen molar-refractivity contribution in [2.45, 2.75) is 39.2 Å². The number of aromatic nitrogens is 2. The van der Waals surface area contributed by atoms with Gasteiger partial charge in [0.15, 0.2) is 5.82 Å². The largest absolute Gasteiger partial charge is 0.623 e. The van der Waals surface area contributed by atoms with Gasteiger partial charge in [-0.2, -0.15) is 10.0 Å². The molecule has 1 aliphatic carbocycles. The van der Waals surface area contributed by atoms with Gasteiger partial charge in [-0.25, -0.2) is 4.98 Å². The van der Waals surface area contributed by atoms with Crippen LogP contribution >= 0.6 is 0 Å². The van der Waals surface area contributed by atoms with Crippen molar-refractivity contribution in [3.05, 3.63) is 63.9 Å². The van der Waals surface area contributed by atoms with Crippen LogP contribution in [0.25, 0.3) is 5.69 Å². The van der Waals surface area contributed by atoms with Crippen molar-refractivity contribution < 1.29 is 4.74 Å². The first-order valence-corrected chi connectivity index (χ1v) is 8.28. The highest BCUT2D eigenvalue weighted by atomic mass is 16.5. The molecule has 0 spiro atoms. The lowest BCUT2D eigenvalue weighted by molar-refractivity contribution is -0.475. The molecule has 2 aliphatic rings. The fraction of sp³-hybridized carbons (Fsp3) is 0.316. The summed E-state index contributed by atoms with van der Waals surface area (Å²) in [5.74, 6) is 0.736. The predicted molar refractivity (Wildman–Crippen MR) is 91.0 cm³/mol. The molecule has 1 aromatic heterocycles. The molecule has 2 aromatic rings. The topological polar surface area (TPSA) is 67.7 Å². The molecule has 2 heterocycles. The van der Waals surface area contributed by atoms with Gasteiger partial charge in [-0.1, -0.05) is 6.08 Å². The SMILES string of the molecule is Cc1cnc2n1-c1ccc(C#N)cc1C(C1=CCCCC1)=[N+]([O-])C2. The maximum absolute atomic E-state index is 13.0. The number of hydrogen-bond acceptors (Lipinski definition) is 3. The molecule has 0 radical (unpaired) electrons. The summed E-state index contributed by atoms with van der Waals surface area (Å²) in [6.07, 6.45) is 8.14. The average Bonchev–Trinajstić information content (AvgIpc) is 2.90. The normalized spacial score (nSPS) is 16.8. The molecule has 0 amide bonds. The van der Waals surface area contributed by atoms with Gasteiger partial charge < -0.3 is 5.21 Å². The molecule has 0 N–H and O–H groups in total. The Kier molecular flexibility index (Phi) is 3.46. The van der Waals surface area contributed by atoms with Crippen molar-refractivity contribution in [2.24, 2.45) is 0 Å². The molecule has 0 fully saturated rings. The third kappa shape index (κ3) is 2.23. The summed E-state index contributed by atoms with van der Waals surface area (Å²) in [5, 5.41) is 22.2. The van der Waals surface area contributed by atoms with Crippen molar-refractivity contribution >= 4 is 5.71 Å². The predicted octanol–water partition coefficient (Wildman–Crippen LogP) is 3.37. The zero-order chi connectivity index (χ0) is 16.7. The minimum atomic E-state index is 0.219. The molecule has 0 atom stereocenters. The third-order valence-electron chi connectivity index (χ3n) is 4.76. The van der Waals surface area contributed by atoms with E-state index >= 15 is 0 Å². The van der Waals surface area contributed by atoms with Crippen LogP contribution in [-0.4, -0.2) is 20.0 Å². The molecule has 0 saturated heterocycles. The standard InChI is InChI=1S/C19H18N4O/c1-13-11-21-18-12-22(24)19(15-5-3-2-4-6-15)16-9-14(10-20)7-8-17(16)23(13)18/h5,7-9,11H,2-4,6,12H2,1H3. The summed E-state index contributed by atoms with van der Waals surface area (Å²) in [6.45, 7) is 2.20. The van der Waals surface area contributed by atoms with Crippen LogP contribution in [0.2, 0.25) is 0 Å². The second-order valence-electron chi connectivity index (χ2n) is 6.36. The van der Waals surface area contributed by atoms with Gasteiger partial charge in [0.2, 0.25) is 12.3 Å². The Bertz CT molecular complexity index is 927. The van der Waals surface area contributed by atoms with Gasteiger partial charge in [0, 0.05) is 17.5 Å². The lowest BCUT2D eigenvalue weighted by atomic mass is 9.91. The monoisotopic (exact) mass is 318 g/mol. The number of fused-ring (bicyclic) bond motifs is 3. The molecular weight excluding hydrogens is 300 g/mol. The second kappa shape index (κ2) is 5.64. The molecule has 120 valence electrons. The van der Waals surface area contributed by atoms with Crippen molar-refractivity contribution in [1.29, 1.82) is 5.26 Å². The Hall–Kier alpha value is -2.87. The van der Waals surface area contributed by atoms with Crippen LogP contribution in [0.1, 0.15) is 48.3 Å². The van der Waals surface area contributed by atoms with E-state index < -0.39 is 0 Å². The molecule has 1 aromatic carbocycles. The van der Waals surface area contributed by atoms with Gasteiger partial charge in [0.25, 0.3) is 0 Å². The number of imidazole rings is 1. The van der Waals surface area contributed by atoms with E-state index in [4.69, 9.17) is 0 Å². The number of allylic oxidation sites excluding steroid dienone is 2. The van der Waals surface area contributed by atoms with Crippen molar-refractivity contribution in [3.63, 3.8) is 0 Å². The molecule has 0 bridgehead atoms. The molecule has 5 nitrogen and oxygen atoms in total. The number of rotatable bonds is 1. The first kappa shape index (κ1) is 14.7. The molecule has 24 heavy (non-hydrogen) atoms. The molecule has 0 saturated carbocycles. The van der Waals surface area contributed by atoms with Crippen LogP contribution in [0.15, 0.2) is 36.0 Å². The first-order valence-electron chi connectivity index (χ1n) is 8.28. The van der Waals surface area contributed by atoms with Crippen molar-refractivity contribution in [3.8, 4) is 11.8 Å². The van der Waals surface area contributed by atoms with Gasteiger partial charge in [0.05, 0.1) is 22.9 Å². The van der Waals surface area contributed by atoms with Crippen LogP contribution in [0.3, 0.4) is 0 Å². The molecule has 4 rings (SSSR count). The van der Waals surface area contributed by atoms with Crippen LogP contribution in [0, 0.1) is 23.5 Å². The maximum Gasteiger partial charge on any atom is 0.223 e. The lowest BCUT2D eigenvalue weighted by Gasteiger charge is -2.16. The van der Waals surface area contributed by atoms with E-state index in [0.29, 0.717) is 11.3 Å². The first-order chi connectivity index (χ1) is 11.7. The number of nitriles is 1. The molecule has 1 aliphatic heterocycles. The summed E-state index contributed by atoms with van der Waals surface area (Å²) in [5.41, 5.74) is 5.11. The zero-order valence-corrected chi connectivity index (χ0v) is 13.6. The van der Waals surface area contributed by atoms with Gasteiger partial charge in [-0.15, -0.1) is 0 Å². The minimum absolute atomic E-state index is 0.219. The highest BCUT2D eigenvalue weighted by Crippen LogP contribution is 2.30. The Morgan fingerprint density at radius 3 is 2.96 bits per heavy atom. The maximum atomic E-state index is 13.0. The van der Waals surface area contributed by atoms with Crippen LogP contribution in [-0.2, 0) is 6.54 Å². The average molecular weight is 318 g/mol. The Morgan fingerprint density at radius 2 is 2.21 bits per heavy atom. The molecule has 0 unspecified atom stereocenters. The highest BCUT2D eigenvalue weighted by Gasteiger charge is 2.29. The smallest absolute Gasteiger partial charge is 0.223 e. The number of hydrogen-bond donors (Lipinski definition) is 0. The van der Waals surface area contributed by atoms with Crippen LogP contribution in [0.5, 0.6) is 0 Å². The van der Waals surface area contributed by atoms with E-state index in [9.17, 15) is 10.5 Å². The van der Waals surface area contributed by atoms with E-state index in [0.717, 1.165) is 52.3 Å². The fourth-order valence-corrected chi connectivity index (χ4v) is 3.65. The fourth-order valence-electron chi connectivity index (χ4n) is 3.65. The van der Waals surface area contributed by atoms with Gasteiger partial charge >= 0.3 is 0 Å². The van der Waals surface area contributed by atoms with E-state index in [2.05, 4.69) is 17.1 Å². The molecule has 5 heteroatoms. The summed E-state index contributed by atoms with van der Waals surface area (Å²) < 4.78 is 3.07. The highest BCUT2D eigenvalue weighted by molar-refractivity contribution is 6.12. The quantitative estimate of drug-likeness (QED) is 0.598. The summed E-state index contributed by atoms with van der Waals surface area (Å²) in [7, 11) is 0. The number of hydroxylamine groups is 1. The van der Waals surface area contributed by atoms with Gasteiger partial charge in [-0.3, -0.25) is 4.57 Å². The zero-order valence-electron chi connectivity index (χ0n) is 13.6. The Balaban J connectivity index is 2.02. The Morgan fingerprint density at radius 1 is 1.33 bits per heavy atom. The number of nitrogens with zero attached hydrogens (tertiary/aromatic N) is 4. The number of aryl methyl sites for hydroxylation is 1. The Labute approximate surface area is 140 Å². The van der Waals surface area contributed by atoms with Gasteiger partial charge in [-0.05, 0) is 50.8 Å². The molecular formula is C19H18N4O. The van der Waals surface area contributed by atoms with Crippen molar-refractivity contribution in [1.82, 2.24) is 9.55 Å². The third-order valence-corrected chi connectivity index (χ3v) is 4.76. The van der Waals surface area contributed by atoms with Crippen LogP contribution < -0.4 is 0 Å². The van der Waals surface area contributed by atoms with Gasteiger partial charge in [0.1, 0.15) is 0 Å². The minimum Gasteiger partial charge on any atom is -0.623 e. The van der Waals surface area contributed by atoms with E-state index in [1.807, 2.05) is 23.6 Å². The summed E-state index contributed by atoms with van der Waals surface area (Å²) in [4.78, 5) is 4.41. The van der Waals surface area contributed by atoms with E-state index in [1.54, 1.807) is 12.3 Å². The summed E-state index contributed by atoms with van der Waals surface area (Å²) >= 11 is 0. The second-order valence-corrected chi connectivity index (χ2v) is 6.36. The lowest BCUT2D eigenvalue weighted by Crippen LogP contribution is -2.20. The summed E-state index contributed by atoms with van der Waals surface area (Å²) in [6, 6.07) is 7.75. The van der Waals surface area contributed by atoms with Crippen LogP contribution in [0.4, 0.5) is 0 Å². The number of benzene rings is 1.